The maximum absolute atomic E-state index is 14.6. The molecule has 8 nitrogen and oxygen atoms in total. The SMILES string of the molecule is COC(=O)c1ccc(Cc2cncc(C(=O)NCc3nn(C4CCCCO4)c4ccc(Cl)cc34)c2)c(F)c1. The van der Waals surface area contributed by atoms with Crippen LogP contribution in [0.15, 0.2) is 54.9 Å². The molecular weight excluding hydrogens is 511 g/mol. The number of fused-ring (bicyclic) bond motifs is 1. The summed E-state index contributed by atoms with van der Waals surface area (Å²) in [6.45, 7) is 0.873. The minimum Gasteiger partial charge on any atom is -0.465 e. The first-order valence-electron chi connectivity index (χ1n) is 12.3. The van der Waals surface area contributed by atoms with Crippen LogP contribution >= 0.6 is 11.6 Å². The smallest absolute Gasteiger partial charge is 0.337 e. The van der Waals surface area contributed by atoms with Gasteiger partial charge in [0.25, 0.3) is 5.91 Å². The first kappa shape index (κ1) is 25.8. The average Bonchev–Trinajstić information content (AvgIpc) is 3.30. The third-order valence-corrected chi connectivity index (χ3v) is 6.75. The Balaban J connectivity index is 1.31. The largest absolute Gasteiger partial charge is 0.465 e. The Bertz CT molecular complexity index is 1500. The summed E-state index contributed by atoms with van der Waals surface area (Å²) in [7, 11) is 1.24. The monoisotopic (exact) mass is 536 g/mol. The molecule has 38 heavy (non-hydrogen) atoms. The van der Waals surface area contributed by atoms with Crippen molar-refractivity contribution in [3.63, 3.8) is 0 Å². The van der Waals surface area contributed by atoms with Gasteiger partial charge in [-0.2, -0.15) is 5.10 Å². The predicted octanol–water partition coefficient (Wildman–Crippen LogP) is 5.23. The van der Waals surface area contributed by atoms with Crippen LogP contribution in [0.5, 0.6) is 0 Å². The molecule has 1 fully saturated rings. The van der Waals surface area contributed by atoms with Crippen LogP contribution in [0.2, 0.25) is 5.02 Å². The van der Waals surface area contributed by atoms with Crippen molar-refractivity contribution in [2.24, 2.45) is 0 Å². The summed E-state index contributed by atoms with van der Waals surface area (Å²) in [4.78, 5) is 28.8. The first-order valence-corrected chi connectivity index (χ1v) is 12.7. The molecule has 1 saturated heterocycles. The van der Waals surface area contributed by atoms with Crippen LogP contribution in [0.25, 0.3) is 10.9 Å². The van der Waals surface area contributed by atoms with Gasteiger partial charge in [0.05, 0.1) is 36.0 Å². The van der Waals surface area contributed by atoms with E-state index in [0.717, 1.165) is 36.2 Å². The summed E-state index contributed by atoms with van der Waals surface area (Å²) >= 11 is 6.26. The summed E-state index contributed by atoms with van der Waals surface area (Å²) < 4.78 is 27.0. The van der Waals surface area contributed by atoms with E-state index in [2.05, 4.69) is 15.0 Å². The Kier molecular flexibility index (Phi) is 7.67. The predicted molar refractivity (Wildman–Crippen MR) is 140 cm³/mol. The van der Waals surface area contributed by atoms with Gasteiger partial charge in [0.2, 0.25) is 0 Å². The number of nitrogens with one attached hydrogen (secondary N) is 1. The van der Waals surface area contributed by atoms with Crippen molar-refractivity contribution in [1.82, 2.24) is 20.1 Å². The molecule has 0 bridgehead atoms. The van der Waals surface area contributed by atoms with Crippen molar-refractivity contribution in [3.8, 4) is 0 Å². The maximum atomic E-state index is 14.6. The number of carbonyl (C=O) groups excluding carboxylic acids is 2. The van der Waals surface area contributed by atoms with Crippen LogP contribution in [0, 0.1) is 5.82 Å². The number of pyridine rings is 1. The van der Waals surface area contributed by atoms with Crippen molar-refractivity contribution in [2.75, 3.05) is 13.7 Å². The number of carbonyl (C=O) groups is 2. The zero-order chi connectivity index (χ0) is 26.6. The van der Waals surface area contributed by atoms with E-state index >= 15 is 0 Å². The molecule has 4 aromatic rings. The van der Waals surface area contributed by atoms with Gasteiger partial charge in [-0.1, -0.05) is 17.7 Å². The number of esters is 1. The molecule has 0 aliphatic carbocycles. The molecule has 1 aliphatic rings. The fourth-order valence-electron chi connectivity index (χ4n) is 4.57. The molecule has 10 heteroatoms. The number of hydrogen-bond donors (Lipinski definition) is 1. The Morgan fingerprint density at radius 2 is 2.03 bits per heavy atom. The summed E-state index contributed by atoms with van der Waals surface area (Å²) in [5.74, 6) is -1.48. The zero-order valence-electron chi connectivity index (χ0n) is 20.7. The van der Waals surface area contributed by atoms with E-state index in [1.54, 1.807) is 12.3 Å². The number of ether oxygens (including phenoxy) is 2. The van der Waals surface area contributed by atoms with Crippen LogP contribution < -0.4 is 5.32 Å². The normalized spacial score (nSPS) is 15.4. The third kappa shape index (κ3) is 5.54. The lowest BCUT2D eigenvalue weighted by atomic mass is 10.0. The van der Waals surface area contributed by atoms with Crippen molar-refractivity contribution < 1.29 is 23.5 Å². The second-order valence-electron chi connectivity index (χ2n) is 9.11. The number of amides is 1. The molecule has 1 aliphatic heterocycles. The van der Waals surface area contributed by atoms with Gasteiger partial charge in [-0.25, -0.2) is 13.9 Å². The lowest BCUT2D eigenvalue weighted by Gasteiger charge is -2.23. The zero-order valence-corrected chi connectivity index (χ0v) is 21.5. The van der Waals surface area contributed by atoms with Crippen LogP contribution in [0.3, 0.4) is 0 Å². The molecule has 0 radical (unpaired) electrons. The summed E-state index contributed by atoms with van der Waals surface area (Å²) in [6.07, 6.45) is 6.05. The first-order chi connectivity index (χ1) is 18.4. The van der Waals surface area contributed by atoms with E-state index in [4.69, 9.17) is 21.4 Å². The highest BCUT2D eigenvalue weighted by Crippen LogP contribution is 2.30. The van der Waals surface area contributed by atoms with Gasteiger partial charge < -0.3 is 14.8 Å². The number of methoxy groups -OCH3 is 1. The molecule has 0 saturated carbocycles. The fourth-order valence-corrected chi connectivity index (χ4v) is 4.75. The van der Waals surface area contributed by atoms with Gasteiger partial charge in [-0.15, -0.1) is 0 Å². The van der Waals surface area contributed by atoms with E-state index in [-0.39, 0.29) is 30.7 Å². The second kappa shape index (κ2) is 11.3. The van der Waals surface area contributed by atoms with Crippen molar-refractivity contribution in [2.45, 2.75) is 38.5 Å². The van der Waals surface area contributed by atoms with Gasteiger partial charge in [-0.3, -0.25) is 9.78 Å². The molecule has 1 atom stereocenters. The van der Waals surface area contributed by atoms with Gasteiger partial charge in [0.1, 0.15) is 5.82 Å². The van der Waals surface area contributed by atoms with Gasteiger partial charge in [0.15, 0.2) is 6.23 Å². The fraction of sp³-hybridized carbons (Fsp3) is 0.286. The minimum absolute atomic E-state index is 0.131. The van der Waals surface area contributed by atoms with Crippen molar-refractivity contribution >= 4 is 34.4 Å². The van der Waals surface area contributed by atoms with Crippen LogP contribution in [0.4, 0.5) is 4.39 Å². The van der Waals surface area contributed by atoms with Gasteiger partial charge in [0, 0.05) is 35.8 Å². The molecule has 3 heterocycles. The van der Waals surface area contributed by atoms with Crippen LogP contribution in [-0.4, -0.2) is 40.4 Å². The number of hydrogen-bond acceptors (Lipinski definition) is 6. The average molecular weight is 537 g/mol. The Hall–Kier alpha value is -3.82. The Labute approximate surface area is 223 Å². The molecule has 196 valence electrons. The van der Waals surface area contributed by atoms with Crippen molar-refractivity contribution in [3.05, 3.63) is 93.6 Å². The highest BCUT2D eigenvalue weighted by Gasteiger charge is 2.21. The highest BCUT2D eigenvalue weighted by molar-refractivity contribution is 6.31. The van der Waals surface area contributed by atoms with Gasteiger partial charge in [-0.05, 0) is 66.8 Å². The lowest BCUT2D eigenvalue weighted by molar-refractivity contribution is -0.0369. The lowest BCUT2D eigenvalue weighted by Crippen LogP contribution is -2.24. The topological polar surface area (TPSA) is 95.3 Å². The standard InChI is InChI=1S/C28H26ClFN4O4/c1-37-28(36)19-6-5-18(23(30)12-19)10-17-11-20(15-31-14-17)27(35)32-16-24-22-13-21(29)7-8-25(22)34(33-24)26-4-2-3-9-38-26/h5-8,11-15,26H,2-4,9-10,16H2,1H3,(H,32,35). The number of aromatic nitrogens is 3. The van der Waals surface area contributed by atoms with Crippen LogP contribution in [-0.2, 0) is 22.4 Å². The highest BCUT2D eigenvalue weighted by atomic mass is 35.5. The number of rotatable bonds is 7. The van der Waals surface area contributed by atoms with E-state index in [0.29, 0.717) is 34.0 Å². The molecule has 1 unspecified atom stereocenters. The van der Waals surface area contributed by atoms with Crippen molar-refractivity contribution in [1.29, 1.82) is 0 Å². The van der Waals surface area contributed by atoms with E-state index < -0.39 is 11.8 Å². The minimum atomic E-state index is -0.609. The quantitative estimate of drug-likeness (QED) is 0.325. The summed E-state index contributed by atoms with van der Waals surface area (Å²) in [5, 5.41) is 9.10. The van der Waals surface area contributed by atoms with Crippen LogP contribution in [0.1, 0.15) is 63.0 Å². The summed E-state index contributed by atoms with van der Waals surface area (Å²) in [5.41, 5.74) is 3.07. The second-order valence-corrected chi connectivity index (χ2v) is 9.55. The van der Waals surface area contributed by atoms with Gasteiger partial charge >= 0.3 is 5.97 Å². The summed E-state index contributed by atoms with van der Waals surface area (Å²) in [6, 6.07) is 11.4. The maximum Gasteiger partial charge on any atom is 0.337 e. The van der Waals surface area contributed by atoms with E-state index in [1.165, 1.54) is 25.4 Å². The van der Waals surface area contributed by atoms with E-state index in [1.807, 2.05) is 22.9 Å². The molecule has 2 aromatic heterocycles. The third-order valence-electron chi connectivity index (χ3n) is 6.52. The molecule has 1 amide bonds. The Morgan fingerprint density at radius 3 is 2.79 bits per heavy atom. The van der Waals surface area contributed by atoms with E-state index in [9.17, 15) is 14.0 Å². The number of nitrogens with zero attached hydrogens (tertiary/aromatic N) is 3. The number of halogens is 2. The molecule has 2 aromatic carbocycles. The molecular formula is C28H26ClFN4O4. The molecule has 0 spiro atoms. The molecule has 1 N–H and O–H groups in total. The number of benzene rings is 2. The molecule has 5 rings (SSSR count). The Morgan fingerprint density at radius 1 is 1.16 bits per heavy atom.